The Hall–Kier alpha value is -2.63. The van der Waals surface area contributed by atoms with Crippen LogP contribution in [-0.2, 0) is 7.05 Å². The molecule has 1 N–H and O–H groups in total. The molecule has 2 heterocycles. The lowest BCUT2D eigenvalue weighted by molar-refractivity contribution is 0.0697. The van der Waals surface area contributed by atoms with Gasteiger partial charge < -0.3 is 5.11 Å². The van der Waals surface area contributed by atoms with Gasteiger partial charge in [-0.3, -0.25) is 9.25 Å². The largest absolute Gasteiger partial charge is 0.478 e. The zero-order chi connectivity index (χ0) is 13.6. The number of carboxylic acid groups (broad SMARTS) is 1. The molecule has 0 saturated carbocycles. The normalized spacial score (nSPS) is 11.1. The molecule has 0 atom stereocenters. The van der Waals surface area contributed by atoms with Gasteiger partial charge in [0.2, 0.25) is 0 Å². The predicted octanol–water partition coefficient (Wildman–Crippen LogP) is 1.77. The molecule has 0 spiro atoms. The number of carboxylic acids is 1. The van der Waals surface area contributed by atoms with Gasteiger partial charge in [-0.2, -0.15) is 5.10 Å². The van der Waals surface area contributed by atoms with Crippen LogP contribution in [0.5, 0.6) is 0 Å². The summed E-state index contributed by atoms with van der Waals surface area (Å²) in [5, 5.41) is 13.3. The van der Waals surface area contributed by atoms with Gasteiger partial charge in [0.25, 0.3) is 0 Å². The molecule has 3 rings (SSSR count). The lowest BCUT2D eigenvalue weighted by atomic mass is 10.2. The first kappa shape index (κ1) is 11.5. The second kappa shape index (κ2) is 3.94. The smallest absolute Gasteiger partial charge is 0.335 e. The molecule has 19 heavy (non-hydrogen) atoms. The topological polar surface area (TPSA) is 72.9 Å². The van der Waals surface area contributed by atoms with Gasteiger partial charge in [0.05, 0.1) is 16.6 Å². The van der Waals surface area contributed by atoms with Crippen LogP contribution in [-0.4, -0.2) is 30.4 Å². The summed E-state index contributed by atoms with van der Waals surface area (Å²) >= 11 is 0. The summed E-state index contributed by atoms with van der Waals surface area (Å²) in [6.07, 6.45) is 1.85. The van der Waals surface area contributed by atoms with E-state index in [9.17, 15) is 4.79 Å². The Bertz CT molecular complexity index is 785. The minimum absolute atomic E-state index is 0.234. The van der Waals surface area contributed by atoms with Gasteiger partial charge in [0, 0.05) is 19.3 Å². The van der Waals surface area contributed by atoms with Crippen molar-refractivity contribution in [3.05, 3.63) is 41.9 Å². The second-order valence-electron chi connectivity index (χ2n) is 4.35. The number of aromatic nitrogens is 4. The summed E-state index contributed by atoms with van der Waals surface area (Å²) in [5.74, 6) is 0.591. The number of nitrogens with zero attached hydrogens (tertiary/aromatic N) is 4. The molecule has 1 aromatic carbocycles. The fraction of sp³-hybridized carbons (Fsp3) is 0.154. The van der Waals surface area contributed by atoms with Gasteiger partial charge in [0.15, 0.2) is 5.82 Å². The average molecular weight is 256 g/mol. The van der Waals surface area contributed by atoms with Crippen LogP contribution in [0.1, 0.15) is 16.2 Å². The van der Waals surface area contributed by atoms with Crippen molar-refractivity contribution in [1.29, 1.82) is 0 Å². The fourth-order valence-corrected chi connectivity index (χ4v) is 2.14. The Labute approximate surface area is 108 Å². The van der Waals surface area contributed by atoms with E-state index in [2.05, 4.69) is 10.1 Å². The zero-order valence-corrected chi connectivity index (χ0v) is 10.5. The molecule has 3 aromatic rings. The molecule has 0 amide bonds. The summed E-state index contributed by atoms with van der Waals surface area (Å²) < 4.78 is 3.62. The van der Waals surface area contributed by atoms with E-state index in [1.165, 1.54) is 0 Å². The quantitative estimate of drug-likeness (QED) is 0.758. The summed E-state index contributed by atoms with van der Waals surface area (Å²) in [6.45, 7) is 1.87. The number of aryl methyl sites for hydroxylation is 2. The summed E-state index contributed by atoms with van der Waals surface area (Å²) in [5.41, 5.74) is 1.74. The molecule has 0 aliphatic heterocycles. The van der Waals surface area contributed by atoms with Gasteiger partial charge in [0.1, 0.15) is 5.82 Å². The molecule has 6 nitrogen and oxygen atoms in total. The third kappa shape index (κ3) is 1.77. The third-order valence-electron chi connectivity index (χ3n) is 3.00. The highest BCUT2D eigenvalue weighted by Gasteiger charge is 2.13. The van der Waals surface area contributed by atoms with Crippen LogP contribution < -0.4 is 0 Å². The van der Waals surface area contributed by atoms with Crippen LogP contribution in [0.3, 0.4) is 0 Å². The van der Waals surface area contributed by atoms with Gasteiger partial charge in [-0.1, -0.05) is 0 Å². The van der Waals surface area contributed by atoms with Crippen molar-refractivity contribution in [3.8, 4) is 5.82 Å². The highest BCUT2D eigenvalue weighted by molar-refractivity contribution is 5.92. The number of benzene rings is 1. The van der Waals surface area contributed by atoms with Crippen LogP contribution in [0, 0.1) is 6.92 Å². The predicted molar refractivity (Wildman–Crippen MR) is 69.5 cm³/mol. The van der Waals surface area contributed by atoms with Crippen LogP contribution in [0.25, 0.3) is 16.9 Å². The van der Waals surface area contributed by atoms with E-state index in [1.807, 2.05) is 30.8 Å². The van der Waals surface area contributed by atoms with Crippen molar-refractivity contribution in [2.45, 2.75) is 6.92 Å². The minimum atomic E-state index is -0.952. The van der Waals surface area contributed by atoms with Crippen LogP contribution in [0.15, 0.2) is 30.5 Å². The maximum absolute atomic E-state index is 11.0. The Kier molecular flexibility index (Phi) is 2.38. The van der Waals surface area contributed by atoms with E-state index in [-0.39, 0.29) is 5.56 Å². The lowest BCUT2D eigenvalue weighted by Gasteiger charge is -2.02. The summed E-state index contributed by atoms with van der Waals surface area (Å²) in [4.78, 5) is 15.4. The first-order valence-electron chi connectivity index (χ1n) is 5.78. The summed E-state index contributed by atoms with van der Waals surface area (Å²) in [6, 6.07) is 6.79. The van der Waals surface area contributed by atoms with Gasteiger partial charge >= 0.3 is 5.97 Å². The van der Waals surface area contributed by atoms with E-state index >= 15 is 0 Å². The number of imidazole rings is 1. The number of hydrogen-bond donors (Lipinski definition) is 1. The molecule has 0 radical (unpaired) electrons. The highest BCUT2D eigenvalue weighted by atomic mass is 16.4. The molecule has 6 heteroatoms. The summed E-state index contributed by atoms with van der Waals surface area (Å²) in [7, 11) is 1.85. The number of fused-ring (bicyclic) bond motifs is 1. The van der Waals surface area contributed by atoms with E-state index in [0.717, 1.165) is 17.2 Å². The van der Waals surface area contributed by atoms with E-state index in [1.54, 1.807) is 22.9 Å². The molecule has 2 aromatic heterocycles. The Morgan fingerprint density at radius 1 is 1.32 bits per heavy atom. The fourth-order valence-electron chi connectivity index (χ4n) is 2.14. The molecule has 96 valence electrons. The molecule has 0 fully saturated rings. The molecule has 0 aliphatic carbocycles. The Balaban J connectivity index is 2.26. The molecule has 0 aliphatic rings. The number of carbonyl (C=O) groups is 1. The monoisotopic (exact) mass is 256 g/mol. The van der Waals surface area contributed by atoms with Gasteiger partial charge in [-0.25, -0.2) is 9.78 Å². The van der Waals surface area contributed by atoms with Crippen LogP contribution >= 0.6 is 0 Å². The third-order valence-corrected chi connectivity index (χ3v) is 3.00. The van der Waals surface area contributed by atoms with Crippen molar-refractivity contribution in [3.63, 3.8) is 0 Å². The Morgan fingerprint density at radius 3 is 2.74 bits per heavy atom. The van der Waals surface area contributed by atoms with Gasteiger partial charge in [-0.15, -0.1) is 0 Å². The lowest BCUT2D eigenvalue weighted by Crippen LogP contribution is -2.00. The maximum atomic E-state index is 11.0. The Morgan fingerprint density at radius 2 is 2.11 bits per heavy atom. The standard InChI is InChI=1S/C13H12N4O2/c1-8-14-10-7-9(13(18)19)3-4-11(10)17(8)12-5-6-16(2)15-12/h3-7H,1-2H3,(H,18,19). The molecule has 0 saturated heterocycles. The van der Waals surface area contributed by atoms with E-state index in [4.69, 9.17) is 5.11 Å². The first-order chi connectivity index (χ1) is 9.06. The number of hydrogen-bond acceptors (Lipinski definition) is 3. The van der Waals surface area contributed by atoms with Gasteiger partial charge in [-0.05, 0) is 25.1 Å². The number of rotatable bonds is 2. The molecular formula is C13H12N4O2. The highest BCUT2D eigenvalue weighted by Crippen LogP contribution is 2.21. The number of aromatic carboxylic acids is 1. The van der Waals surface area contributed by atoms with Crippen LogP contribution in [0.2, 0.25) is 0 Å². The first-order valence-corrected chi connectivity index (χ1v) is 5.78. The minimum Gasteiger partial charge on any atom is -0.478 e. The van der Waals surface area contributed by atoms with Crippen molar-refractivity contribution >= 4 is 17.0 Å². The molecule has 0 unspecified atom stereocenters. The van der Waals surface area contributed by atoms with Crippen LogP contribution in [0.4, 0.5) is 0 Å². The van der Waals surface area contributed by atoms with Crippen molar-refractivity contribution in [2.24, 2.45) is 7.05 Å². The average Bonchev–Trinajstić information content (AvgIpc) is 2.90. The van der Waals surface area contributed by atoms with Crippen molar-refractivity contribution in [2.75, 3.05) is 0 Å². The zero-order valence-electron chi connectivity index (χ0n) is 10.5. The van der Waals surface area contributed by atoms with E-state index in [0.29, 0.717) is 5.52 Å². The molecule has 0 bridgehead atoms. The SMILES string of the molecule is Cc1nc2cc(C(=O)O)ccc2n1-c1ccn(C)n1. The molecular weight excluding hydrogens is 244 g/mol. The second-order valence-corrected chi connectivity index (χ2v) is 4.35. The van der Waals surface area contributed by atoms with Crippen molar-refractivity contribution < 1.29 is 9.90 Å². The maximum Gasteiger partial charge on any atom is 0.335 e. The van der Waals surface area contributed by atoms with Crippen molar-refractivity contribution in [1.82, 2.24) is 19.3 Å². The van der Waals surface area contributed by atoms with E-state index < -0.39 is 5.97 Å².